The molecule has 5 heteroatoms. The van der Waals surface area contributed by atoms with Gasteiger partial charge in [-0.2, -0.15) is 0 Å². The molecule has 0 saturated carbocycles. The minimum absolute atomic E-state index is 0.185. The number of aromatic nitrogens is 3. The highest BCUT2D eigenvalue weighted by Gasteiger charge is 2.11. The fourth-order valence-corrected chi connectivity index (χ4v) is 2.95. The molecule has 0 aliphatic rings. The van der Waals surface area contributed by atoms with Crippen molar-refractivity contribution in [1.82, 2.24) is 15.0 Å². The van der Waals surface area contributed by atoms with Crippen LogP contribution in [0.3, 0.4) is 0 Å². The van der Waals surface area contributed by atoms with Gasteiger partial charge in [-0.25, -0.2) is 0 Å². The molecule has 26 heavy (non-hydrogen) atoms. The third kappa shape index (κ3) is 4.34. The summed E-state index contributed by atoms with van der Waals surface area (Å²) < 4.78 is 5.66. The van der Waals surface area contributed by atoms with Crippen molar-refractivity contribution in [2.75, 3.05) is 6.61 Å². The minimum Gasteiger partial charge on any atom is -0.506 e. The van der Waals surface area contributed by atoms with E-state index in [2.05, 4.69) is 24.0 Å². The molecule has 0 amide bonds. The number of aromatic hydroxyl groups is 1. The molecule has 1 heterocycles. The number of phenols is 1. The summed E-state index contributed by atoms with van der Waals surface area (Å²) in [6.07, 6.45) is 6.85. The Bertz CT molecular complexity index is 858. The summed E-state index contributed by atoms with van der Waals surface area (Å²) in [5.74, 6) is 0.977. The molecule has 0 atom stereocenters. The van der Waals surface area contributed by atoms with Crippen LogP contribution in [0.15, 0.2) is 36.4 Å². The van der Waals surface area contributed by atoms with E-state index in [1.807, 2.05) is 30.3 Å². The molecule has 2 aromatic carbocycles. The van der Waals surface area contributed by atoms with Crippen molar-refractivity contribution in [2.45, 2.75) is 52.4 Å². The van der Waals surface area contributed by atoms with Gasteiger partial charge in [0, 0.05) is 6.07 Å². The van der Waals surface area contributed by atoms with Gasteiger partial charge in [0.25, 0.3) is 0 Å². The van der Waals surface area contributed by atoms with Gasteiger partial charge in [-0.15, -0.1) is 15.0 Å². The number of nitrogens with zero attached hydrogens (tertiary/aromatic N) is 3. The van der Waals surface area contributed by atoms with E-state index >= 15 is 0 Å². The molecule has 0 aliphatic heterocycles. The summed E-state index contributed by atoms with van der Waals surface area (Å²) in [4.78, 5) is 1.51. The highest BCUT2D eigenvalue weighted by molar-refractivity contribution is 5.75. The van der Waals surface area contributed by atoms with Crippen molar-refractivity contribution in [3.8, 4) is 17.2 Å². The van der Waals surface area contributed by atoms with E-state index in [-0.39, 0.29) is 5.75 Å². The summed E-state index contributed by atoms with van der Waals surface area (Å²) in [5.41, 5.74) is 3.35. The van der Waals surface area contributed by atoms with Gasteiger partial charge >= 0.3 is 0 Å². The van der Waals surface area contributed by atoms with Gasteiger partial charge in [0.05, 0.1) is 6.61 Å². The average Bonchev–Trinajstić information content (AvgIpc) is 3.07. The minimum atomic E-state index is 0.185. The molecule has 0 radical (unpaired) electrons. The van der Waals surface area contributed by atoms with Crippen molar-refractivity contribution in [3.05, 3.63) is 42.0 Å². The van der Waals surface area contributed by atoms with Gasteiger partial charge in [-0.1, -0.05) is 39.2 Å². The van der Waals surface area contributed by atoms with Crippen molar-refractivity contribution in [1.29, 1.82) is 0 Å². The van der Waals surface area contributed by atoms with Crippen LogP contribution >= 0.6 is 0 Å². The zero-order valence-electron chi connectivity index (χ0n) is 15.6. The Balaban J connectivity index is 1.83. The molecule has 1 aromatic heterocycles. The fourth-order valence-electron chi connectivity index (χ4n) is 2.95. The van der Waals surface area contributed by atoms with Gasteiger partial charge in [0.1, 0.15) is 28.2 Å². The first-order chi connectivity index (χ1) is 12.7. The number of hydrogen-bond acceptors (Lipinski definition) is 4. The lowest BCUT2D eigenvalue weighted by molar-refractivity contribution is 0.318. The lowest BCUT2D eigenvalue weighted by Crippen LogP contribution is -2.00. The smallest absolute Gasteiger partial charge is 0.143 e. The predicted molar refractivity (Wildman–Crippen MR) is 104 cm³/mol. The van der Waals surface area contributed by atoms with Gasteiger partial charge in [0.2, 0.25) is 0 Å². The lowest BCUT2D eigenvalue weighted by atomic mass is 10.1. The fraction of sp³-hybridized carbons (Fsp3) is 0.429. The van der Waals surface area contributed by atoms with E-state index in [9.17, 15) is 5.11 Å². The molecular weight excluding hydrogens is 326 g/mol. The number of ether oxygens (including phenoxy) is 1. The molecule has 0 spiro atoms. The molecule has 5 nitrogen and oxygen atoms in total. The van der Waals surface area contributed by atoms with Gasteiger partial charge in [0.15, 0.2) is 0 Å². The van der Waals surface area contributed by atoms with Gasteiger partial charge < -0.3 is 9.84 Å². The molecule has 138 valence electrons. The number of unbranched alkanes of at least 4 members (excludes halogenated alkanes) is 3. The second-order valence-electron chi connectivity index (χ2n) is 6.62. The van der Waals surface area contributed by atoms with Crippen molar-refractivity contribution < 1.29 is 9.84 Å². The van der Waals surface area contributed by atoms with Crippen LogP contribution in [-0.4, -0.2) is 26.7 Å². The topological polar surface area (TPSA) is 60.2 Å². The second kappa shape index (κ2) is 8.70. The normalized spacial score (nSPS) is 11.2. The van der Waals surface area contributed by atoms with Gasteiger partial charge in [-0.3, -0.25) is 0 Å². The van der Waals surface area contributed by atoms with E-state index in [1.165, 1.54) is 29.6 Å². The monoisotopic (exact) mass is 353 g/mol. The van der Waals surface area contributed by atoms with Crippen molar-refractivity contribution in [2.24, 2.45) is 0 Å². The third-order valence-electron chi connectivity index (χ3n) is 4.40. The third-order valence-corrected chi connectivity index (χ3v) is 4.40. The van der Waals surface area contributed by atoms with Crippen LogP contribution < -0.4 is 4.74 Å². The zero-order chi connectivity index (χ0) is 18.4. The van der Waals surface area contributed by atoms with Crippen molar-refractivity contribution >= 4 is 11.0 Å². The summed E-state index contributed by atoms with van der Waals surface area (Å²) in [6.45, 7) is 4.97. The first kappa shape index (κ1) is 18.2. The summed E-state index contributed by atoms with van der Waals surface area (Å²) in [7, 11) is 0. The van der Waals surface area contributed by atoms with E-state index in [0.29, 0.717) is 12.3 Å². The summed E-state index contributed by atoms with van der Waals surface area (Å²) >= 11 is 0. The molecular formula is C21H27N3O2. The lowest BCUT2D eigenvalue weighted by Gasteiger charge is -2.07. The predicted octanol–water partition coefficient (Wildman–Crippen LogP) is 5.04. The number of hydrogen-bond donors (Lipinski definition) is 1. The molecule has 0 saturated heterocycles. The SMILES string of the molecule is CCCCCCc1ccc(O)c(-n2nc3ccc(OCCC)cc3n2)c1. The Morgan fingerprint density at radius 2 is 1.77 bits per heavy atom. The Kier molecular flexibility index (Phi) is 6.10. The van der Waals surface area contributed by atoms with E-state index in [1.54, 1.807) is 6.07 Å². The van der Waals surface area contributed by atoms with E-state index < -0.39 is 0 Å². The first-order valence-corrected chi connectivity index (χ1v) is 9.53. The van der Waals surface area contributed by atoms with E-state index in [4.69, 9.17) is 4.74 Å². The van der Waals surface area contributed by atoms with E-state index in [0.717, 1.165) is 36.0 Å². The Morgan fingerprint density at radius 1 is 0.923 bits per heavy atom. The maximum absolute atomic E-state index is 10.3. The Morgan fingerprint density at radius 3 is 2.58 bits per heavy atom. The maximum Gasteiger partial charge on any atom is 0.143 e. The number of fused-ring (bicyclic) bond motifs is 1. The highest BCUT2D eigenvalue weighted by atomic mass is 16.5. The quantitative estimate of drug-likeness (QED) is 0.548. The standard InChI is InChI=1S/C21H27N3O2/c1-3-5-6-7-8-16-9-12-21(25)20(14-16)24-22-18-11-10-17(26-13-4-2)15-19(18)23-24/h9-12,14-15,25H,3-8,13H2,1-2H3. The molecule has 3 aromatic rings. The van der Waals surface area contributed by atoms with Crippen LogP contribution in [0.4, 0.5) is 0 Å². The average molecular weight is 353 g/mol. The van der Waals surface area contributed by atoms with Crippen molar-refractivity contribution in [3.63, 3.8) is 0 Å². The van der Waals surface area contributed by atoms with Crippen LogP contribution in [-0.2, 0) is 6.42 Å². The Hall–Kier alpha value is -2.56. The number of aryl methyl sites for hydroxylation is 1. The summed E-state index contributed by atoms with van der Waals surface area (Å²) in [6, 6.07) is 11.4. The molecule has 1 N–H and O–H groups in total. The largest absolute Gasteiger partial charge is 0.506 e. The maximum atomic E-state index is 10.3. The second-order valence-corrected chi connectivity index (χ2v) is 6.62. The van der Waals surface area contributed by atoms with Crippen LogP contribution in [0.25, 0.3) is 16.7 Å². The molecule has 0 aliphatic carbocycles. The molecule has 3 rings (SSSR count). The highest BCUT2D eigenvalue weighted by Crippen LogP contribution is 2.25. The van der Waals surface area contributed by atoms with Crippen LogP contribution in [0.5, 0.6) is 11.5 Å². The summed E-state index contributed by atoms with van der Waals surface area (Å²) in [5, 5.41) is 19.3. The van der Waals surface area contributed by atoms with Crippen LogP contribution in [0.2, 0.25) is 0 Å². The number of benzene rings is 2. The first-order valence-electron chi connectivity index (χ1n) is 9.53. The molecule has 0 bridgehead atoms. The number of phenolic OH excluding ortho intramolecular Hbond substituents is 1. The molecule has 0 unspecified atom stereocenters. The molecule has 0 fully saturated rings. The Labute approximate surface area is 154 Å². The van der Waals surface area contributed by atoms with Gasteiger partial charge in [-0.05, 0) is 49.1 Å². The zero-order valence-corrected chi connectivity index (χ0v) is 15.6. The van der Waals surface area contributed by atoms with Crippen LogP contribution in [0, 0.1) is 0 Å². The van der Waals surface area contributed by atoms with Crippen LogP contribution in [0.1, 0.15) is 51.5 Å². The number of rotatable bonds is 9.